The molecule has 0 amide bonds. The van der Waals surface area contributed by atoms with Crippen LogP contribution in [0.2, 0.25) is 0 Å². The first-order valence-electron chi connectivity index (χ1n) is 32.6. The summed E-state index contributed by atoms with van der Waals surface area (Å²) in [5, 5.41) is 0. The van der Waals surface area contributed by atoms with Gasteiger partial charge >= 0.3 is 52.9 Å². The van der Waals surface area contributed by atoms with Crippen molar-refractivity contribution in [2.75, 3.05) is 74.2 Å². The molecule has 486 valence electrons. The fourth-order valence-electron chi connectivity index (χ4n) is 9.01. The quantitative estimate of drug-likeness (QED) is 0.0336. The molecule has 0 radical (unpaired) electrons. The molecule has 1 rings (SSSR count). The zero-order valence-electron chi connectivity index (χ0n) is 52.3. The van der Waals surface area contributed by atoms with Crippen molar-refractivity contribution < 1.29 is 57.2 Å². The van der Waals surface area contributed by atoms with E-state index in [9.17, 15) is 43.2 Å². The minimum atomic E-state index is -1.00. The standard InChI is InChI=1S/C63H111N3O15S3/c1-4-7-10-13-16-19-22-25-28-31-43-76-55(67)34-49-82-52-37-58(70)79-46-40-64-61(73)65(41-47-80-59(71)38-53-83-50-35-56(68)77-44-32-29-26-23-20-17-14-11-8-5-2)63(75)66(62(64)74)42-48-81-60(72)39-54-84-51-36-57(69)78-45-33-30-27-24-21-18-15-12-9-6-3/h4-54H2,1-3H3. The lowest BCUT2D eigenvalue weighted by molar-refractivity contribution is -0.144. The smallest absolute Gasteiger partial charge is 0.336 e. The normalized spacial score (nSPS) is 11.2. The van der Waals surface area contributed by atoms with Gasteiger partial charge in [-0.25, -0.2) is 28.1 Å². The molecule has 0 saturated carbocycles. The number of esters is 6. The molecule has 0 bridgehead atoms. The van der Waals surface area contributed by atoms with E-state index in [1.165, 1.54) is 170 Å². The summed E-state index contributed by atoms with van der Waals surface area (Å²) >= 11 is 4.20. The van der Waals surface area contributed by atoms with E-state index in [1.54, 1.807) is 0 Å². The molecule has 0 aliphatic carbocycles. The van der Waals surface area contributed by atoms with E-state index < -0.39 is 54.6 Å². The average molecular weight is 1250 g/mol. The van der Waals surface area contributed by atoms with Crippen LogP contribution in [-0.4, -0.2) is 124 Å². The van der Waals surface area contributed by atoms with Crippen molar-refractivity contribution in [2.24, 2.45) is 0 Å². The molecule has 1 aromatic heterocycles. The van der Waals surface area contributed by atoms with Gasteiger partial charge in [-0.05, 0) is 19.3 Å². The van der Waals surface area contributed by atoms with Crippen molar-refractivity contribution >= 4 is 71.1 Å². The predicted octanol–water partition coefficient (Wildman–Crippen LogP) is 12.7. The van der Waals surface area contributed by atoms with E-state index in [0.29, 0.717) is 54.3 Å². The van der Waals surface area contributed by atoms with Gasteiger partial charge in [0.1, 0.15) is 19.8 Å². The lowest BCUT2D eigenvalue weighted by Crippen LogP contribution is -2.55. The maximum absolute atomic E-state index is 13.6. The largest absolute Gasteiger partial charge is 0.466 e. The number of thioether (sulfide) groups is 3. The molecule has 18 nitrogen and oxygen atoms in total. The van der Waals surface area contributed by atoms with Gasteiger partial charge in [0.25, 0.3) is 0 Å². The van der Waals surface area contributed by atoms with E-state index in [4.69, 9.17) is 28.4 Å². The highest BCUT2D eigenvalue weighted by atomic mass is 32.2. The summed E-state index contributed by atoms with van der Waals surface area (Å²) in [5.41, 5.74) is -3.01. The van der Waals surface area contributed by atoms with E-state index in [2.05, 4.69) is 20.8 Å². The third kappa shape index (κ3) is 45.6. The van der Waals surface area contributed by atoms with Crippen LogP contribution >= 0.6 is 35.3 Å². The van der Waals surface area contributed by atoms with Crippen LogP contribution in [0, 0.1) is 0 Å². The van der Waals surface area contributed by atoms with Gasteiger partial charge in [-0.3, -0.25) is 28.8 Å². The summed E-state index contributed by atoms with van der Waals surface area (Å²) < 4.78 is 34.3. The molecule has 0 aromatic carbocycles. The highest BCUT2D eigenvalue weighted by Crippen LogP contribution is 2.15. The molecule has 84 heavy (non-hydrogen) atoms. The van der Waals surface area contributed by atoms with Gasteiger partial charge in [0.05, 0.1) is 78.0 Å². The molecular formula is C63H111N3O15S3. The zero-order chi connectivity index (χ0) is 61.4. The molecule has 0 aliphatic rings. The Labute approximate surface area is 516 Å². The van der Waals surface area contributed by atoms with Crippen LogP contribution in [0.25, 0.3) is 0 Å². The lowest BCUT2D eigenvalue weighted by atomic mass is 10.1. The molecule has 0 saturated heterocycles. The molecule has 1 heterocycles. The number of hydrogen-bond acceptors (Lipinski definition) is 18. The number of aromatic nitrogens is 3. The Balaban J connectivity index is 2.62. The SMILES string of the molecule is CCCCCCCCCCCCOC(=O)CCSCCC(=O)OCCn1c(=O)n(CCOC(=O)CCSCCC(=O)OCCCCCCCCCCCC)c(=O)n(CCOC(=O)CCSCCC(=O)OCCCCCCCCCCCC)c1=O. The van der Waals surface area contributed by atoms with Gasteiger partial charge in [0, 0.05) is 34.5 Å². The predicted molar refractivity (Wildman–Crippen MR) is 340 cm³/mol. The Morgan fingerprint density at radius 3 is 0.619 bits per heavy atom. The number of hydrogen-bond donors (Lipinski definition) is 0. The van der Waals surface area contributed by atoms with Crippen molar-refractivity contribution in [3.05, 3.63) is 31.5 Å². The summed E-state index contributed by atoms with van der Waals surface area (Å²) in [6, 6.07) is 0. The molecular weight excluding hydrogens is 1130 g/mol. The van der Waals surface area contributed by atoms with Crippen molar-refractivity contribution in [3.63, 3.8) is 0 Å². The maximum atomic E-state index is 13.6. The minimum absolute atomic E-state index is 0.0166. The Hall–Kier alpha value is -3.72. The molecule has 0 fully saturated rings. The first-order chi connectivity index (χ1) is 40.9. The van der Waals surface area contributed by atoms with Crippen LogP contribution < -0.4 is 17.1 Å². The van der Waals surface area contributed by atoms with Crippen LogP contribution in [0.15, 0.2) is 14.4 Å². The number of ether oxygens (including phenoxy) is 6. The van der Waals surface area contributed by atoms with Crippen molar-refractivity contribution in [3.8, 4) is 0 Å². The van der Waals surface area contributed by atoms with Gasteiger partial charge in [0.15, 0.2) is 0 Å². The van der Waals surface area contributed by atoms with Gasteiger partial charge in [-0.15, -0.1) is 0 Å². The van der Waals surface area contributed by atoms with Crippen molar-refractivity contribution in [1.29, 1.82) is 0 Å². The Kier molecular flexibility index (Phi) is 53.2. The molecule has 1 aromatic rings. The third-order valence-corrected chi connectivity index (χ3v) is 17.1. The monoisotopic (exact) mass is 1250 g/mol. The summed E-state index contributed by atoms with van der Waals surface area (Å²) in [7, 11) is 0. The van der Waals surface area contributed by atoms with Crippen LogP contribution in [0.3, 0.4) is 0 Å². The highest BCUT2D eigenvalue weighted by Gasteiger charge is 2.18. The average Bonchev–Trinajstić information content (AvgIpc) is 3.51. The van der Waals surface area contributed by atoms with E-state index in [0.717, 1.165) is 71.5 Å². The Morgan fingerprint density at radius 2 is 0.429 bits per heavy atom. The lowest BCUT2D eigenvalue weighted by Gasteiger charge is -2.14. The molecule has 0 aliphatic heterocycles. The Bertz CT molecular complexity index is 1790. The number of carbonyl (C=O) groups is 6. The number of unbranched alkanes of at least 4 members (excludes halogenated alkanes) is 27. The second-order valence-electron chi connectivity index (χ2n) is 21.5. The highest BCUT2D eigenvalue weighted by molar-refractivity contribution is 7.99. The van der Waals surface area contributed by atoms with Crippen LogP contribution in [-0.2, 0) is 76.8 Å². The van der Waals surface area contributed by atoms with Gasteiger partial charge in [0.2, 0.25) is 0 Å². The van der Waals surface area contributed by atoms with Gasteiger partial charge in [-0.2, -0.15) is 35.3 Å². The molecule has 0 atom stereocenters. The fourth-order valence-corrected chi connectivity index (χ4v) is 11.5. The van der Waals surface area contributed by atoms with E-state index in [-0.39, 0.29) is 76.3 Å². The third-order valence-electron chi connectivity index (χ3n) is 14.1. The number of carbonyl (C=O) groups excluding carboxylic acids is 6. The van der Waals surface area contributed by atoms with Crippen LogP contribution in [0.4, 0.5) is 0 Å². The van der Waals surface area contributed by atoms with Crippen LogP contribution in [0.1, 0.15) is 252 Å². The zero-order valence-corrected chi connectivity index (χ0v) is 54.7. The summed E-state index contributed by atoms with van der Waals surface area (Å²) in [5.74, 6) is -0.0400. The van der Waals surface area contributed by atoms with Gasteiger partial charge < -0.3 is 28.4 Å². The summed E-state index contributed by atoms with van der Waals surface area (Å²) in [6.45, 7) is 5.60. The Morgan fingerprint density at radius 1 is 0.262 bits per heavy atom. The fraction of sp³-hybridized carbons (Fsp3) is 0.857. The van der Waals surface area contributed by atoms with Gasteiger partial charge in [-0.1, -0.05) is 194 Å². The van der Waals surface area contributed by atoms with E-state index >= 15 is 0 Å². The molecule has 0 unspecified atom stereocenters. The number of rotatable bonds is 60. The van der Waals surface area contributed by atoms with Crippen molar-refractivity contribution in [1.82, 2.24) is 13.7 Å². The topological polar surface area (TPSA) is 224 Å². The molecule has 21 heteroatoms. The second kappa shape index (κ2) is 57.0. The summed E-state index contributed by atoms with van der Waals surface area (Å²) in [6.07, 6.45) is 36.6. The summed E-state index contributed by atoms with van der Waals surface area (Å²) in [4.78, 5) is 115. The maximum Gasteiger partial charge on any atom is 0.336 e. The first-order valence-corrected chi connectivity index (χ1v) is 36.0. The number of nitrogens with zero attached hydrogens (tertiary/aromatic N) is 3. The van der Waals surface area contributed by atoms with E-state index in [1.807, 2.05) is 0 Å². The molecule has 0 spiro atoms. The van der Waals surface area contributed by atoms with Crippen LogP contribution in [0.5, 0.6) is 0 Å². The minimum Gasteiger partial charge on any atom is -0.466 e. The molecule has 0 N–H and O–H groups in total. The van der Waals surface area contributed by atoms with Crippen molar-refractivity contribution in [2.45, 2.75) is 272 Å². The first kappa shape index (κ1) is 78.3. The second-order valence-corrected chi connectivity index (χ2v) is 25.2.